The van der Waals surface area contributed by atoms with Crippen molar-refractivity contribution in [3.8, 4) is 11.5 Å². The Morgan fingerprint density at radius 1 is 0.958 bits per heavy atom. The van der Waals surface area contributed by atoms with Crippen LogP contribution < -0.4 is 8.92 Å². The molecule has 2 rings (SSSR count). The molecule has 0 unspecified atom stereocenters. The van der Waals surface area contributed by atoms with Crippen molar-refractivity contribution in [2.45, 2.75) is 6.92 Å². The summed E-state index contributed by atoms with van der Waals surface area (Å²) in [5, 5.41) is 0. The molecule has 7 heteroatoms. The van der Waals surface area contributed by atoms with E-state index < -0.39 is 21.0 Å². The van der Waals surface area contributed by atoms with E-state index >= 15 is 0 Å². The molecule has 0 aliphatic carbocycles. The average Bonchev–Trinajstić information content (AvgIpc) is 2.56. The summed E-state index contributed by atoms with van der Waals surface area (Å²) >= 11 is 0. The highest BCUT2D eigenvalue weighted by molar-refractivity contribution is 7.92. The molecular weight excluding hydrogens is 332 g/mol. The Labute approximate surface area is 140 Å². The second kappa shape index (κ2) is 8.16. The fraction of sp³-hybridized carbons (Fsp3) is 0.118. The van der Waals surface area contributed by atoms with E-state index in [0.717, 1.165) is 6.26 Å². The first kappa shape index (κ1) is 17.6. The minimum absolute atomic E-state index is 0.0763. The van der Waals surface area contributed by atoms with E-state index in [1.54, 1.807) is 43.3 Å². The molecule has 0 bridgehead atoms. The van der Waals surface area contributed by atoms with E-state index in [9.17, 15) is 13.2 Å². The minimum atomic E-state index is -4.41. The maximum absolute atomic E-state index is 12.4. The van der Waals surface area contributed by atoms with Crippen LogP contribution in [0.2, 0.25) is 0 Å². The molecule has 0 heterocycles. The van der Waals surface area contributed by atoms with Crippen molar-refractivity contribution in [1.29, 1.82) is 0 Å². The monoisotopic (exact) mass is 348 g/mol. The molecular formula is C17H16O6S. The number of para-hydroxylation sites is 2. The number of benzene rings is 2. The second-order valence-corrected chi connectivity index (χ2v) is 6.01. The lowest BCUT2D eigenvalue weighted by molar-refractivity contribution is -0.129. The smallest absolute Gasteiger partial charge is 0.362 e. The maximum atomic E-state index is 12.4. The molecule has 0 aliphatic rings. The molecule has 0 saturated heterocycles. The third kappa shape index (κ3) is 4.85. The largest absolute Gasteiger partial charge is 0.500 e. The summed E-state index contributed by atoms with van der Waals surface area (Å²) in [4.78, 5) is 11.5. The van der Waals surface area contributed by atoms with Crippen LogP contribution in [0.25, 0.3) is 0 Å². The molecule has 0 N–H and O–H groups in total. The molecule has 0 radical (unpaired) electrons. The molecule has 0 aliphatic heterocycles. The van der Waals surface area contributed by atoms with Gasteiger partial charge < -0.3 is 13.7 Å². The van der Waals surface area contributed by atoms with Crippen molar-refractivity contribution in [2.75, 3.05) is 6.61 Å². The van der Waals surface area contributed by atoms with Gasteiger partial charge in [-0.25, -0.2) is 4.79 Å². The van der Waals surface area contributed by atoms with Crippen molar-refractivity contribution in [2.24, 2.45) is 0 Å². The van der Waals surface area contributed by atoms with Gasteiger partial charge in [-0.1, -0.05) is 36.4 Å². The molecule has 126 valence electrons. The first-order valence-corrected chi connectivity index (χ1v) is 8.52. The molecule has 0 fully saturated rings. The van der Waals surface area contributed by atoms with Crippen LogP contribution in [0.5, 0.6) is 11.5 Å². The van der Waals surface area contributed by atoms with Gasteiger partial charge in [0.15, 0.2) is 0 Å². The summed E-state index contributed by atoms with van der Waals surface area (Å²) in [6, 6.07) is 16.0. The Morgan fingerprint density at radius 2 is 1.50 bits per heavy atom. The third-order valence-electron chi connectivity index (χ3n) is 2.73. The van der Waals surface area contributed by atoms with Gasteiger partial charge in [-0.3, -0.25) is 0 Å². The Bertz CT molecular complexity index is 797. The first-order valence-electron chi connectivity index (χ1n) is 7.11. The van der Waals surface area contributed by atoms with Crippen LogP contribution in [0.1, 0.15) is 6.92 Å². The Kier molecular flexibility index (Phi) is 5.97. The Balaban J connectivity index is 2.25. The molecule has 0 aromatic heterocycles. The van der Waals surface area contributed by atoms with E-state index in [1.807, 2.05) is 0 Å². The Hall–Kier alpha value is -2.80. The van der Waals surface area contributed by atoms with Crippen LogP contribution in [-0.4, -0.2) is 21.0 Å². The lowest BCUT2D eigenvalue weighted by Crippen LogP contribution is -2.23. The number of ether oxygens (including phenoxy) is 2. The summed E-state index contributed by atoms with van der Waals surface area (Å²) in [6.07, 6.45) is 0.823. The quantitative estimate of drug-likeness (QED) is 0.252. The molecule has 0 saturated carbocycles. The van der Waals surface area contributed by atoms with Crippen LogP contribution in [0, 0.1) is 0 Å². The topological polar surface area (TPSA) is 78.9 Å². The van der Waals surface area contributed by atoms with E-state index in [-0.39, 0.29) is 18.1 Å². The first-order chi connectivity index (χ1) is 11.5. The lowest BCUT2D eigenvalue weighted by atomic mass is 10.3. The van der Waals surface area contributed by atoms with Crippen molar-refractivity contribution < 1.29 is 26.9 Å². The van der Waals surface area contributed by atoms with Crippen LogP contribution in [0.4, 0.5) is 0 Å². The summed E-state index contributed by atoms with van der Waals surface area (Å²) in [5.41, 5.74) is 0. The van der Waals surface area contributed by atoms with E-state index in [2.05, 4.69) is 0 Å². The van der Waals surface area contributed by atoms with Crippen molar-refractivity contribution in [1.82, 2.24) is 0 Å². The number of rotatable bonds is 7. The highest BCUT2D eigenvalue weighted by Gasteiger charge is 2.30. The average molecular weight is 348 g/mol. The number of carbonyl (C=O) groups is 1. The molecule has 2 aromatic rings. The van der Waals surface area contributed by atoms with Gasteiger partial charge in [0.05, 0.1) is 6.61 Å². The van der Waals surface area contributed by atoms with Gasteiger partial charge in [0.25, 0.3) is 0 Å². The van der Waals surface area contributed by atoms with Gasteiger partial charge in [-0.2, -0.15) is 8.42 Å². The Morgan fingerprint density at radius 3 is 2.04 bits per heavy atom. The highest BCUT2D eigenvalue weighted by atomic mass is 32.2. The lowest BCUT2D eigenvalue weighted by Gasteiger charge is -2.10. The van der Waals surface area contributed by atoms with Gasteiger partial charge in [-0.05, 0) is 31.2 Å². The second-order valence-electron chi connectivity index (χ2n) is 4.49. The SMILES string of the molecule is CCO/C=C(\C(=O)Oc1ccccc1)S(=O)(=O)Oc1ccccc1. The van der Waals surface area contributed by atoms with Gasteiger partial charge in [0.1, 0.15) is 17.8 Å². The zero-order valence-corrected chi connectivity index (χ0v) is 13.7. The van der Waals surface area contributed by atoms with Crippen molar-refractivity contribution in [3.05, 3.63) is 71.8 Å². The van der Waals surface area contributed by atoms with Crippen molar-refractivity contribution >= 4 is 16.1 Å². The van der Waals surface area contributed by atoms with Gasteiger partial charge >= 0.3 is 16.1 Å². The molecule has 0 amide bonds. The van der Waals surface area contributed by atoms with E-state index in [4.69, 9.17) is 13.7 Å². The molecule has 2 aromatic carbocycles. The number of carbonyl (C=O) groups excluding carboxylic acids is 1. The van der Waals surface area contributed by atoms with E-state index in [1.165, 1.54) is 24.3 Å². The molecule has 6 nitrogen and oxygen atoms in total. The maximum Gasteiger partial charge on any atom is 0.362 e. The predicted molar refractivity (Wildman–Crippen MR) is 87.8 cm³/mol. The van der Waals surface area contributed by atoms with Crippen molar-refractivity contribution in [3.63, 3.8) is 0 Å². The molecule has 0 atom stereocenters. The van der Waals surface area contributed by atoms with Crippen LogP contribution in [-0.2, 0) is 19.6 Å². The molecule has 0 spiro atoms. The zero-order valence-electron chi connectivity index (χ0n) is 12.9. The van der Waals surface area contributed by atoms with Gasteiger partial charge in [0.2, 0.25) is 4.91 Å². The van der Waals surface area contributed by atoms with Crippen LogP contribution >= 0.6 is 0 Å². The fourth-order valence-corrected chi connectivity index (χ4v) is 2.55. The number of esters is 1. The molecule has 24 heavy (non-hydrogen) atoms. The standard InChI is InChI=1S/C17H16O6S/c1-2-21-13-16(17(18)22-14-9-5-3-6-10-14)24(19,20)23-15-11-7-4-8-12-15/h3-13H,2H2,1H3/b16-13+. The summed E-state index contributed by atoms with van der Waals surface area (Å²) in [6.45, 7) is 1.84. The minimum Gasteiger partial charge on any atom is -0.500 e. The normalized spacial score (nSPS) is 11.6. The van der Waals surface area contributed by atoms with E-state index in [0.29, 0.717) is 0 Å². The fourth-order valence-electron chi connectivity index (χ4n) is 1.66. The van der Waals surface area contributed by atoms with Crippen LogP contribution in [0.3, 0.4) is 0 Å². The zero-order chi connectivity index (χ0) is 17.4. The van der Waals surface area contributed by atoms with Gasteiger partial charge in [0, 0.05) is 0 Å². The number of hydrogen-bond acceptors (Lipinski definition) is 6. The predicted octanol–water partition coefficient (Wildman–Crippen LogP) is 2.88. The summed E-state index contributed by atoms with van der Waals surface area (Å²) < 4.78 is 39.7. The van der Waals surface area contributed by atoms with Gasteiger partial charge in [-0.15, -0.1) is 0 Å². The summed E-state index contributed by atoms with van der Waals surface area (Å²) in [5.74, 6) is -0.808. The highest BCUT2D eigenvalue weighted by Crippen LogP contribution is 2.19. The summed E-state index contributed by atoms with van der Waals surface area (Å²) in [7, 11) is -4.41. The van der Waals surface area contributed by atoms with Crippen LogP contribution in [0.15, 0.2) is 71.8 Å². The third-order valence-corrected chi connectivity index (χ3v) is 3.94. The number of hydrogen-bond donors (Lipinski definition) is 0.